The minimum atomic E-state index is -0.366. The fourth-order valence-electron chi connectivity index (χ4n) is 3.58. The Balaban J connectivity index is 1.61. The number of non-ortho nitro benzene ring substituents is 1. The molecule has 0 bridgehead atoms. The van der Waals surface area contributed by atoms with E-state index in [1.54, 1.807) is 12.1 Å². The average molecular weight is 340 g/mol. The summed E-state index contributed by atoms with van der Waals surface area (Å²) in [7, 11) is 0. The molecule has 1 saturated heterocycles. The molecule has 0 spiro atoms. The summed E-state index contributed by atoms with van der Waals surface area (Å²) in [5, 5.41) is 10.9. The molecule has 0 aromatic heterocycles. The maximum atomic E-state index is 10.9. The van der Waals surface area contributed by atoms with Crippen molar-refractivity contribution in [3.05, 3.63) is 58.1 Å². The zero-order chi connectivity index (χ0) is 17.2. The third kappa shape index (κ3) is 3.12. The van der Waals surface area contributed by atoms with E-state index < -0.39 is 0 Å². The molecule has 25 heavy (non-hydrogen) atoms. The molecule has 4 rings (SSSR count). The number of hydrogen-bond acceptors (Lipinski definition) is 5. The number of hydrogen-bond donors (Lipinski definition) is 0. The lowest BCUT2D eigenvalue weighted by molar-refractivity contribution is -0.384. The monoisotopic (exact) mass is 340 g/mol. The molecule has 0 radical (unpaired) electrons. The van der Waals surface area contributed by atoms with Crippen LogP contribution in [0.5, 0.6) is 11.5 Å². The van der Waals surface area contributed by atoms with Gasteiger partial charge < -0.3 is 14.4 Å². The molecule has 0 saturated carbocycles. The van der Waals surface area contributed by atoms with Crippen molar-refractivity contribution in [1.82, 2.24) is 0 Å². The molecule has 2 heterocycles. The highest BCUT2D eigenvalue weighted by Crippen LogP contribution is 2.40. The Labute approximate surface area is 146 Å². The molecule has 2 aliphatic rings. The van der Waals surface area contributed by atoms with E-state index >= 15 is 0 Å². The molecule has 2 aromatic carbocycles. The maximum Gasteiger partial charge on any atom is 0.269 e. The van der Waals surface area contributed by atoms with Crippen molar-refractivity contribution in [2.24, 2.45) is 0 Å². The van der Waals surface area contributed by atoms with Gasteiger partial charge in [0.05, 0.1) is 24.2 Å². The topological polar surface area (TPSA) is 64.8 Å². The third-order valence-electron chi connectivity index (χ3n) is 4.80. The van der Waals surface area contributed by atoms with E-state index in [1.807, 2.05) is 18.2 Å². The van der Waals surface area contributed by atoms with E-state index in [4.69, 9.17) is 9.47 Å². The predicted octanol–water partition coefficient (Wildman–Crippen LogP) is 4.10. The summed E-state index contributed by atoms with van der Waals surface area (Å²) in [6.45, 7) is 2.30. The smallest absolute Gasteiger partial charge is 0.269 e. The summed E-state index contributed by atoms with van der Waals surface area (Å²) in [5.74, 6) is 1.62. The fourth-order valence-corrected chi connectivity index (χ4v) is 3.58. The van der Waals surface area contributed by atoms with Gasteiger partial charge in [-0.1, -0.05) is 6.07 Å². The number of nitro benzene ring substituents is 1. The van der Waals surface area contributed by atoms with Crippen molar-refractivity contribution >= 4 is 11.4 Å². The highest BCUT2D eigenvalue weighted by Gasteiger charge is 2.27. The van der Waals surface area contributed by atoms with Crippen LogP contribution in [0.1, 0.15) is 30.9 Å². The van der Waals surface area contributed by atoms with Crippen LogP contribution in [0.15, 0.2) is 42.5 Å². The zero-order valence-corrected chi connectivity index (χ0v) is 13.9. The second kappa shape index (κ2) is 6.63. The van der Waals surface area contributed by atoms with Crippen LogP contribution in [0.2, 0.25) is 0 Å². The Hall–Kier alpha value is -2.76. The number of rotatable bonds is 3. The maximum absolute atomic E-state index is 10.9. The van der Waals surface area contributed by atoms with Gasteiger partial charge in [-0.15, -0.1) is 0 Å². The van der Waals surface area contributed by atoms with Gasteiger partial charge in [0.25, 0.3) is 5.69 Å². The quantitative estimate of drug-likeness (QED) is 0.622. The Morgan fingerprint density at radius 3 is 2.52 bits per heavy atom. The summed E-state index contributed by atoms with van der Waals surface area (Å²) in [5.41, 5.74) is 2.33. The van der Waals surface area contributed by atoms with E-state index in [-0.39, 0.29) is 16.7 Å². The number of nitro groups is 1. The summed E-state index contributed by atoms with van der Waals surface area (Å²) in [6, 6.07) is 13.2. The van der Waals surface area contributed by atoms with Crippen LogP contribution in [-0.4, -0.2) is 24.7 Å². The number of anilines is 1. The van der Waals surface area contributed by atoms with Crippen LogP contribution < -0.4 is 14.4 Å². The van der Waals surface area contributed by atoms with Gasteiger partial charge >= 0.3 is 0 Å². The van der Waals surface area contributed by atoms with E-state index in [0.717, 1.165) is 43.0 Å². The van der Waals surface area contributed by atoms with Crippen LogP contribution in [0.3, 0.4) is 0 Å². The first kappa shape index (κ1) is 15.7. The molecule has 0 amide bonds. The number of nitrogens with zero attached hydrogens (tertiary/aromatic N) is 2. The Bertz CT molecular complexity index is 775. The molecular weight excluding hydrogens is 320 g/mol. The van der Waals surface area contributed by atoms with Gasteiger partial charge in [-0.05, 0) is 42.7 Å². The number of fused-ring (bicyclic) bond motifs is 1. The fraction of sp³-hybridized carbons (Fsp3) is 0.368. The van der Waals surface area contributed by atoms with Gasteiger partial charge in [0.1, 0.15) is 0 Å². The van der Waals surface area contributed by atoms with Crippen LogP contribution in [-0.2, 0) is 0 Å². The molecule has 6 heteroatoms. The lowest BCUT2D eigenvalue weighted by atomic mass is 10.0. The number of ether oxygens (including phenoxy) is 2. The number of benzene rings is 2. The molecule has 130 valence electrons. The Kier molecular flexibility index (Phi) is 4.17. The molecule has 1 atom stereocenters. The standard InChI is InChI=1S/C19H20N2O4/c22-21(23)16-7-5-15(6-8-16)20-10-1-3-17(20)14-4-9-18-19(13-14)25-12-2-11-24-18/h4-9,13,17H,1-3,10-12H2. The molecule has 1 unspecified atom stereocenters. The van der Waals surface area contributed by atoms with Gasteiger partial charge in [0.2, 0.25) is 0 Å². The van der Waals surface area contributed by atoms with Crippen molar-refractivity contribution in [3.8, 4) is 11.5 Å². The first-order valence-electron chi connectivity index (χ1n) is 8.63. The van der Waals surface area contributed by atoms with Crippen molar-refractivity contribution < 1.29 is 14.4 Å². The molecular formula is C19H20N2O4. The summed E-state index contributed by atoms with van der Waals surface area (Å²) in [6.07, 6.45) is 3.04. The van der Waals surface area contributed by atoms with Gasteiger partial charge in [0.15, 0.2) is 11.5 Å². The normalized spacial score (nSPS) is 19.5. The van der Waals surface area contributed by atoms with E-state index in [1.165, 1.54) is 5.56 Å². The van der Waals surface area contributed by atoms with Gasteiger partial charge in [0, 0.05) is 30.8 Å². The summed E-state index contributed by atoms with van der Waals surface area (Å²) >= 11 is 0. The predicted molar refractivity (Wildman–Crippen MR) is 94.5 cm³/mol. The largest absolute Gasteiger partial charge is 0.490 e. The van der Waals surface area contributed by atoms with Crippen molar-refractivity contribution in [2.45, 2.75) is 25.3 Å². The molecule has 1 fully saturated rings. The van der Waals surface area contributed by atoms with E-state index in [2.05, 4.69) is 17.0 Å². The van der Waals surface area contributed by atoms with Crippen LogP contribution in [0.4, 0.5) is 11.4 Å². The second-order valence-corrected chi connectivity index (χ2v) is 6.38. The Morgan fingerprint density at radius 2 is 1.76 bits per heavy atom. The van der Waals surface area contributed by atoms with Crippen molar-refractivity contribution in [2.75, 3.05) is 24.7 Å². The first-order valence-corrected chi connectivity index (χ1v) is 8.63. The van der Waals surface area contributed by atoms with Crippen LogP contribution in [0.25, 0.3) is 0 Å². The minimum absolute atomic E-state index is 0.120. The van der Waals surface area contributed by atoms with Gasteiger partial charge in [-0.2, -0.15) is 0 Å². The highest BCUT2D eigenvalue weighted by molar-refractivity contribution is 5.55. The Morgan fingerprint density at radius 1 is 1.00 bits per heavy atom. The summed E-state index contributed by atoms with van der Waals surface area (Å²) < 4.78 is 11.5. The second-order valence-electron chi connectivity index (χ2n) is 6.38. The van der Waals surface area contributed by atoms with Gasteiger partial charge in [-0.3, -0.25) is 10.1 Å². The molecule has 0 N–H and O–H groups in total. The van der Waals surface area contributed by atoms with Gasteiger partial charge in [-0.25, -0.2) is 0 Å². The van der Waals surface area contributed by atoms with Crippen LogP contribution >= 0.6 is 0 Å². The van der Waals surface area contributed by atoms with Crippen molar-refractivity contribution in [3.63, 3.8) is 0 Å². The average Bonchev–Trinajstić information content (AvgIpc) is 3.00. The molecule has 2 aromatic rings. The third-order valence-corrected chi connectivity index (χ3v) is 4.80. The minimum Gasteiger partial charge on any atom is -0.490 e. The van der Waals surface area contributed by atoms with Crippen molar-refractivity contribution in [1.29, 1.82) is 0 Å². The van der Waals surface area contributed by atoms with E-state index in [9.17, 15) is 10.1 Å². The summed E-state index contributed by atoms with van der Waals surface area (Å²) in [4.78, 5) is 12.8. The molecule has 2 aliphatic heterocycles. The highest BCUT2D eigenvalue weighted by atomic mass is 16.6. The lowest BCUT2D eigenvalue weighted by Crippen LogP contribution is -2.22. The lowest BCUT2D eigenvalue weighted by Gasteiger charge is -2.27. The van der Waals surface area contributed by atoms with Crippen LogP contribution in [0, 0.1) is 10.1 Å². The SMILES string of the molecule is O=[N+]([O-])c1ccc(N2CCCC2c2ccc3c(c2)OCCCO3)cc1. The first-order chi connectivity index (χ1) is 12.2. The van der Waals surface area contributed by atoms with E-state index in [0.29, 0.717) is 13.2 Å². The molecule has 0 aliphatic carbocycles. The molecule has 6 nitrogen and oxygen atoms in total. The zero-order valence-electron chi connectivity index (χ0n) is 13.9.